The summed E-state index contributed by atoms with van der Waals surface area (Å²) in [5.41, 5.74) is 6.33. The van der Waals surface area contributed by atoms with Crippen LogP contribution in [-0.4, -0.2) is 30.1 Å². The largest absolute Gasteiger partial charge is 0.380 e. The summed E-state index contributed by atoms with van der Waals surface area (Å²) in [6.45, 7) is 0. The van der Waals surface area contributed by atoms with Crippen LogP contribution in [-0.2, 0) is 4.74 Å². The third-order valence-electron chi connectivity index (χ3n) is 3.12. The molecule has 5 heteroatoms. The number of anilines is 1. The number of hydrogen-bond acceptors (Lipinski definition) is 4. The van der Waals surface area contributed by atoms with Crippen molar-refractivity contribution in [1.82, 2.24) is 4.98 Å². The Balaban J connectivity index is 2.07. The number of amides is 1. The summed E-state index contributed by atoms with van der Waals surface area (Å²) in [6.07, 6.45) is 5.12. The highest BCUT2D eigenvalue weighted by Crippen LogP contribution is 2.25. The summed E-state index contributed by atoms with van der Waals surface area (Å²) in [7, 11) is 1.73. The van der Waals surface area contributed by atoms with Crippen LogP contribution in [0.15, 0.2) is 18.3 Å². The molecular weight excluding hydrogens is 218 g/mol. The van der Waals surface area contributed by atoms with Crippen molar-refractivity contribution in [2.75, 3.05) is 12.4 Å². The van der Waals surface area contributed by atoms with E-state index in [1.807, 2.05) is 6.07 Å². The average Bonchev–Trinajstić information content (AvgIpc) is 2.76. The van der Waals surface area contributed by atoms with Gasteiger partial charge in [-0.25, -0.2) is 0 Å². The van der Waals surface area contributed by atoms with Gasteiger partial charge in [0, 0.05) is 19.0 Å². The van der Waals surface area contributed by atoms with Crippen molar-refractivity contribution in [2.24, 2.45) is 5.73 Å². The fourth-order valence-corrected chi connectivity index (χ4v) is 2.24. The number of primary amides is 1. The van der Waals surface area contributed by atoms with Gasteiger partial charge < -0.3 is 15.8 Å². The van der Waals surface area contributed by atoms with Gasteiger partial charge in [-0.05, 0) is 31.4 Å². The molecule has 1 aliphatic carbocycles. The molecule has 1 aromatic rings. The SMILES string of the molecule is COC1CCCC1Nc1ccnc(C(N)=O)c1. The molecule has 0 saturated heterocycles. The van der Waals surface area contributed by atoms with Gasteiger partial charge in [0.1, 0.15) is 5.69 Å². The van der Waals surface area contributed by atoms with Crippen molar-refractivity contribution >= 4 is 11.6 Å². The number of rotatable bonds is 4. The fraction of sp³-hybridized carbons (Fsp3) is 0.500. The van der Waals surface area contributed by atoms with Crippen LogP contribution in [0.5, 0.6) is 0 Å². The molecule has 0 spiro atoms. The maximum absolute atomic E-state index is 11.0. The van der Waals surface area contributed by atoms with E-state index in [9.17, 15) is 4.79 Å². The molecule has 1 amide bonds. The summed E-state index contributed by atoms with van der Waals surface area (Å²) >= 11 is 0. The van der Waals surface area contributed by atoms with E-state index in [-0.39, 0.29) is 11.8 Å². The summed E-state index contributed by atoms with van der Waals surface area (Å²) in [6, 6.07) is 3.80. The quantitative estimate of drug-likeness (QED) is 0.821. The van der Waals surface area contributed by atoms with Gasteiger partial charge >= 0.3 is 0 Å². The smallest absolute Gasteiger partial charge is 0.267 e. The maximum atomic E-state index is 11.0. The topological polar surface area (TPSA) is 77.2 Å². The normalized spacial score (nSPS) is 23.6. The molecule has 0 aliphatic heterocycles. The van der Waals surface area contributed by atoms with E-state index in [0.29, 0.717) is 6.04 Å². The molecule has 1 fully saturated rings. The van der Waals surface area contributed by atoms with Crippen LogP contribution in [0, 0.1) is 0 Å². The monoisotopic (exact) mass is 235 g/mol. The predicted molar refractivity (Wildman–Crippen MR) is 64.8 cm³/mol. The first-order valence-corrected chi connectivity index (χ1v) is 5.76. The highest BCUT2D eigenvalue weighted by molar-refractivity contribution is 5.91. The number of aromatic nitrogens is 1. The third-order valence-corrected chi connectivity index (χ3v) is 3.12. The predicted octanol–water partition coefficient (Wildman–Crippen LogP) is 1.16. The summed E-state index contributed by atoms with van der Waals surface area (Å²) in [5.74, 6) is -0.511. The first-order chi connectivity index (χ1) is 8.20. The molecular formula is C12H17N3O2. The molecule has 2 unspecified atom stereocenters. The number of hydrogen-bond donors (Lipinski definition) is 2. The zero-order valence-corrected chi connectivity index (χ0v) is 9.85. The molecule has 2 rings (SSSR count). The van der Waals surface area contributed by atoms with Crippen molar-refractivity contribution in [1.29, 1.82) is 0 Å². The standard InChI is InChI=1S/C12H17N3O2/c1-17-11-4-2-3-9(11)15-8-5-6-14-10(7-8)12(13)16/h5-7,9,11H,2-4H2,1H3,(H2,13,16)(H,14,15). The Morgan fingerprint density at radius 1 is 1.59 bits per heavy atom. The van der Waals surface area contributed by atoms with E-state index in [1.54, 1.807) is 19.4 Å². The van der Waals surface area contributed by atoms with E-state index in [2.05, 4.69) is 10.3 Å². The zero-order chi connectivity index (χ0) is 12.3. The Morgan fingerprint density at radius 3 is 3.12 bits per heavy atom. The Kier molecular flexibility index (Phi) is 3.58. The fourth-order valence-electron chi connectivity index (χ4n) is 2.24. The molecule has 92 valence electrons. The molecule has 5 nitrogen and oxygen atoms in total. The second-order valence-electron chi connectivity index (χ2n) is 4.25. The van der Waals surface area contributed by atoms with Gasteiger partial charge in [0.15, 0.2) is 0 Å². The molecule has 0 radical (unpaired) electrons. The van der Waals surface area contributed by atoms with Gasteiger partial charge in [0.25, 0.3) is 5.91 Å². The lowest BCUT2D eigenvalue weighted by Gasteiger charge is -2.20. The first-order valence-electron chi connectivity index (χ1n) is 5.76. The number of nitrogens with two attached hydrogens (primary N) is 1. The van der Waals surface area contributed by atoms with Gasteiger partial charge in [-0.15, -0.1) is 0 Å². The molecule has 0 bridgehead atoms. The molecule has 1 saturated carbocycles. The Bertz CT molecular complexity index is 408. The average molecular weight is 235 g/mol. The van der Waals surface area contributed by atoms with E-state index >= 15 is 0 Å². The number of nitrogens with zero attached hydrogens (tertiary/aromatic N) is 1. The summed E-state index contributed by atoms with van der Waals surface area (Å²) in [4.78, 5) is 14.9. The van der Waals surface area contributed by atoms with Gasteiger partial charge in [-0.1, -0.05) is 0 Å². The highest BCUT2D eigenvalue weighted by Gasteiger charge is 2.26. The van der Waals surface area contributed by atoms with Crippen LogP contribution >= 0.6 is 0 Å². The first kappa shape index (κ1) is 11.9. The van der Waals surface area contributed by atoms with Crippen LogP contribution in [0.3, 0.4) is 0 Å². The number of nitrogens with one attached hydrogen (secondary N) is 1. The van der Waals surface area contributed by atoms with Crippen LogP contribution in [0.1, 0.15) is 29.8 Å². The summed E-state index contributed by atoms with van der Waals surface area (Å²) < 4.78 is 5.40. The van der Waals surface area contributed by atoms with Crippen molar-refractivity contribution < 1.29 is 9.53 Å². The van der Waals surface area contributed by atoms with E-state index in [4.69, 9.17) is 10.5 Å². The number of ether oxygens (including phenoxy) is 1. The Hall–Kier alpha value is -1.62. The van der Waals surface area contributed by atoms with Gasteiger partial charge in [-0.2, -0.15) is 0 Å². The highest BCUT2D eigenvalue weighted by atomic mass is 16.5. The van der Waals surface area contributed by atoms with E-state index in [0.717, 1.165) is 24.9 Å². The second-order valence-corrected chi connectivity index (χ2v) is 4.25. The van der Waals surface area contributed by atoms with Gasteiger partial charge in [-0.3, -0.25) is 9.78 Å². The Labute approximate surface area is 100 Å². The molecule has 2 atom stereocenters. The van der Waals surface area contributed by atoms with Crippen LogP contribution < -0.4 is 11.1 Å². The van der Waals surface area contributed by atoms with Crippen molar-refractivity contribution in [3.05, 3.63) is 24.0 Å². The maximum Gasteiger partial charge on any atom is 0.267 e. The lowest BCUT2D eigenvalue weighted by atomic mass is 10.2. The molecule has 1 aromatic heterocycles. The minimum Gasteiger partial charge on any atom is -0.380 e. The van der Waals surface area contributed by atoms with Crippen molar-refractivity contribution in [3.8, 4) is 0 Å². The lowest BCUT2D eigenvalue weighted by Crippen LogP contribution is -2.29. The van der Waals surface area contributed by atoms with Crippen LogP contribution in [0.25, 0.3) is 0 Å². The zero-order valence-electron chi connectivity index (χ0n) is 9.85. The number of pyridine rings is 1. The Morgan fingerprint density at radius 2 is 2.41 bits per heavy atom. The number of carbonyl (C=O) groups excluding carboxylic acids is 1. The number of methoxy groups -OCH3 is 1. The third kappa shape index (κ3) is 2.74. The van der Waals surface area contributed by atoms with Crippen LogP contribution in [0.2, 0.25) is 0 Å². The molecule has 3 N–H and O–H groups in total. The minimum absolute atomic E-state index is 0.236. The summed E-state index contributed by atoms with van der Waals surface area (Å²) in [5, 5.41) is 3.36. The number of carbonyl (C=O) groups is 1. The molecule has 0 aromatic carbocycles. The van der Waals surface area contributed by atoms with Gasteiger partial charge in [0.05, 0.1) is 12.1 Å². The second kappa shape index (κ2) is 5.14. The van der Waals surface area contributed by atoms with Crippen molar-refractivity contribution in [2.45, 2.75) is 31.4 Å². The molecule has 17 heavy (non-hydrogen) atoms. The van der Waals surface area contributed by atoms with Crippen LogP contribution in [0.4, 0.5) is 5.69 Å². The van der Waals surface area contributed by atoms with E-state index < -0.39 is 5.91 Å². The molecule has 1 aliphatic rings. The minimum atomic E-state index is -0.511. The van der Waals surface area contributed by atoms with Gasteiger partial charge in [0.2, 0.25) is 0 Å². The lowest BCUT2D eigenvalue weighted by molar-refractivity contribution is 0.0995. The molecule has 1 heterocycles. The van der Waals surface area contributed by atoms with Crippen molar-refractivity contribution in [3.63, 3.8) is 0 Å². The van der Waals surface area contributed by atoms with E-state index in [1.165, 1.54) is 0 Å².